The van der Waals surface area contributed by atoms with Crippen LogP contribution in [-0.2, 0) is 9.59 Å². The lowest BCUT2D eigenvalue weighted by Crippen LogP contribution is -2.46. The van der Waals surface area contributed by atoms with E-state index in [1.807, 2.05) is 19.1 Å². The largest absolute Gasteiger partial charge is 0.492 e. The predicted octanol–water partition coefficient (Wildman–Crippen LogP) is 3.20. The van der Waals surface area contributed by atoms with Crippen LogP contribution in [0.15, 0.2) is 28.7 Å². The lowest BCUT2D eigenvalue weighted by molar-refractivity contribution is -0.144. The predicted molar refractivity (Wildman–Crippen MR) is 95.0 cm³/mol. The molecule has 134 valence electrons. The highest BCUT2D eigenvalue weighted by Crippen LogP contribution is 2.31. The highest BCUT2D eigenvalue weighted by Gasteiger charge is 2.48. The highest BCUT2D eigenvalue weighted by atomic mass is 79.9. The van der Waals surface area contributed by atoms with Crippen molar-refractivity contribution in [2.24, 2.45) is 5.92 Å². The molecule has 1 aromatic rings. The third-order valence-corrected chi connectivity index (χ3v) is 5.41. The number of halogens is 1. The summed E-state index contributed by atoms with van der Waals surface area (Å²) in [4.78, 5) is 39.3. The van der Waals surface area contributed by atoms with Gasteiger partial charge in [0, 0.05) is 10.5 Å². The smallest absolute Gasteiger partial charge is 0.334 e. The first-order chi connectivity index (χ1) is 12.0. The van der Waals surface area contributed by atoms with Crippen LogP contribution in [0.4, 0.5) is 4.79 Å². The van der Waals surface area contributed by atoms with Crippen LogP contribution in [0.25, 0.3) is 0 Å². The van der Waals surface area contributed by atoms with E-state index in [4.69, 9.17) is 4.74 Å². The summed E-state index contributed by atoms with van der Waals surface area (Å²) in [5, 5.41) is 0. The van der Waals surface area contributed by atoms with E-state index in [0.29, 0.717) is 5.75 Å². The number of ether oxygens (including phenoxy) is 1. The average molecular weight is 409 g/mol. The molecule has 0 unspecified atom stereocenters. The Balaban J connectivity index is 1.62. The van der Waals surface area contributed by atoms with Gasteiger partial charge in [0.15, 0.2) is 0 Å². The molecule has 2 aliphatic rings. The van der Waals surface area contributed by atoms with Gasteiger partial charge in [0.1, 0.15) is 12.4 Å². The summed E-state index contributed by atoms with van der Waals surface area (Å²) in [6, 6.07) is 6.59. The van der Waals surface area contributed by atoms with Crippen LogP contribution < -0.4 is 4.74 Å². The first-order valence-corrected chi connectivity index (χ1v) is 9.35. The molecular weight excluding hydrogens is 388 g/mol. The van der Waals surface area contributed by atoms with E-state index in [0.717, 1.165) is 35.1 Å². The fourth-order valence-electron chi connectivity index (χ4n) is 3.48. The molecule has 2 atom stereocenters. The second-order valence-corrected chi connectivity index (χ2v) is 7.46. The monoisotopic (exact) mass is 408 g/mol. The van der Waals surface area contributed by atoms with E-state index in [2.05, 4.69) is 15.9 Å². The SMILES string of the molecule is C[C@@H]1CCCC[C@H]1N1C(=O)C(=O)N(CCOc2ccc(Br)cc2)C1=O. The second-order valence-electron chi connectivity index (χ2n) is 6.55. The summed E-state index contributed by atoms with van der Waals surface area (Å²) in [6.07, 6.45) is 3.83. The van der Waals surface area contributed by atoms with Crippen LogP contribution in [-0.4, -0.2) is 46.8 Å². The minimum absolute atomic E-state index is 0.0665. The van der Waals surface area contributed by atoms with E-state index in [-0.39, 0.29) is 25.1 Å². The number of hydrogen-bond acceptors (Lipinski definition) is 4. The molecule has 1 saturated heterocycles. The van der Waals surface area contributed by atoms with Gasteiger partial charge in [0.25, 0.3) is 0 Å². The van der Waals surface area contributed by atoms with Crippen molar-refractivity contribution in [1.29, 1.82) is 0 Å². The van der Waals surface area contributed by atoms with Gasteiger partial charge in [-0.1, -0.05) is 35.7 Å². The van der Waals surface area contributed by atoms with Gasteiger partial charge < -0.3 is 4.74 Å². The summed E-state index contributed by atoms with van der Waals surface area (Å²) in [5.74, 6) is -0.575. The Hall–Kier alpha value is -1.89. The molecule has 2 fully saturated rings. The molecule has 1 aliphatic heterocycles. The minimum atomic E-state index is -0.748. The minimum Gasteiger partial charge on any atom is -0.492 e. The molecule has 0 aromatic heterocycles. The molecule has 1 aromatic carbocycles. The first kappa shape index (κ1) is 17.9. The molecule has 0 N–H and O–H groups in total. The van der Waals surface area contributed by atoms with E-state index in [9.17, 15) is 14.4 Å². The van der Waals surface area contributed by atoms with Gasteiger partial charge in [0.05, 0.1) is 6.54 Å². The molecule has 4 amide bonds. The van der Waals surface area contributed by atoms with Crippen molar-refractivity contribution in [2.75, 3.05) is 13.2 Å². The Kier molecular flexibility index (Phi) is 5.42. The molecule has 25 heavy (non-hydrogen) atoms. The van der Waals surface area contributed by atoms with E-state index in [1.165, 1.54) is 4.90 Å². The topological polar surface area (TPSA) is 66.9 Å². The van der Waals surface area contributed by atoms with Crippen LogP contribution in [0.3, 0.4) is 0 Å². The van der Waals surface area contributed by atoms with Crippen molar-refractivity contribution in [1.82, 2.24) is 9.80 Å². The van der Waals surface area contributed by atoms with Gasteiger partial charge in [0.2, 0.25) is 0 Å². The standard InChI is InChI=1S/C18H21BrN2O4/c1-12-4-2-3-5-15(12)21-17(23)16(22)20(18(21)24)10-11-25-14-8-6-13(19)7-9-14/h6-9,12,15H,2-5,10-11H2,1H3/t12-,15-/m1/s1. The third-order valence-electron chi connectivity index (χ3n) is 4.88. The number of benzene rings is 1. The lowest BCUT2D eigenvalue weighted by atomic mass is 9.85. The normalized spacial score (nSPS) is 24.2. The highest BCUT2D eigenvalue weighted by molar-refractivity contribution is 9.10. The molecule has 0 bridgehead atoms. The molecule has 6 nitrogen and oxygen atoms in total. The Morgan fingerprint density at radius 2 is 1.76 bits per heavy atom. The zero-order valence-corrected chi connectivity index (χ0v) is 15.7. The number of nitrogens with zero attached hydrogens (tertiary/aromatic N) is 2. The number of hydrogen-bond donors (Lipinski definition) is 0. The van der Waals surface area contributed by atoms with Crippen molar-refractivity contribution in [2.45, 2.75) is 38.6 Å². The Labute approximate surface area is 155 Å². The van der Waals surface area contributed by atoms with Crippen molar-refractivity contribution in [3.8, 4) is 5.75 Å². The number of urea groups is 1. The maximum absolute atomic E-state index is 12.6. The van der Waals surface area contributed by atoms with Gasteiger partial charge in [-0.15, -0.1) is 0 Å². The molecule has 3 rings (SSSR count). The molecule has 7 heteroatoms. The molecule has 0 radical (unpaired) electrons. The van der Waals surface area contributed by atoms with Crippen molar-refractivity contribution in [3.63, 3.8) is 0 Å². The van der Waals surface area contributed by atoms with Gasteiger partial charge in [-0.2, -0.15) is 0 Å². The van der Waals surface area contributed by atoms with Gasteiger partial charge in [-0.3, -0.25) is 19.4 Å². The molecule has 1 saturated carbocycles. The van der Waals surface area contributed by atoms with Crippen molar-refractivity contribution >= 4 is 33.8 Å². The molecular formula is C18H21BrN2O4. The third kappa shape index (κ3) is 3.71. The van der Waals surface area contributed by atoms with Crippen LogP contribution in [0.2, 0.25) is 0 Å². The maximum Gasteiger partial charge on any atom is 0.334 e. The molecule has 1 heterocycles. The fourth-order valence-corrected chi connectivity index (χ4v) is 3.74. The average Bonchev–Trinajstić information content (AvgIpc) is 2.81. The molecule has 1 aliphatic carbocycles. The zero-order chi connectivity index (χ0) is 18.0. The van der Waals surface area contributed by atoms with E-state index in [1.54, 1.807) is 12.1 Å². The quantitative estimate of drug-likeness (QED) is 0.554. The van der Waals surface area contributed by atoms with Crippen molar-refractivity contribution < 1.29 is 19.1 Å². The fraction of sp³-hybridized carbons (Fsp3) is 0.500. The van der Waals surface area contributed by atoms with Gasteiger partial charge >= 0.3 is 17.8 Å². The number of imide groups is 2. The maximum atomic E-state index is 12.6. The first-order valence-electron chi connectivity index (χ1n) is 8.56. The van der Waals surface area contributed by atoms with Gasteiger partial charge in [-0.05, 0) is 43.0 Å². The van der Waals surface area contributed by atoms with Gasteiger partial charge in [-0.25, -0.2) is 4.79 Å². The summed E-state index contributed by atoms with van der Waals surface area (Å²) in [5.41, 5.74) is 0. The second kappa shape index (κ2) is 7.56. The number of carbonyl (C=O) groups excluding carboxylic acids is 3. The van der Waals surface area contributed by atoms with Crippen molar-refractivity contribution in [3.05, 3.63) is 28.7 Å². The van der Waals surface area contributed by atoms with E-state index >= 15 is 0 Å². The summed E-state index contributed by atoms with van der Waals surface area (Å²) in [7, 11) is 0. The Morgan fingerprint density at radius 3 is 2.44 bits per heavy atom. The van der Waals surface area contributed by atoms with E-state index < -0.39 is 17.8 Å². The van der Waals surface area contributed by atoms with Crippen LogP contribution in [0.1, 0.15) is 32.6 Å². The number of amides is 4. The van der Waals surface area contributed by atoms with Crippen LogP contribution >= 0.6 is 15.9 Å². The zero-order valence-electron chi connectivity index (χ0n) is 14.1. The Morgan fingerprint density at radius 1 is 1.08 bits per heavy atom. The summed E-state index contributed by atoms with van der Waals surface area (Å²) >= 11 is 3.34. The summed E-state index contributed by atoms with van der Waals surface area (Å²) < 4.78 is 6.50. The van der Waals surface area contributed by atoms with Crippen LogP contribution in [0, 0.1) is 5.92 Å². The van der Waals surface area contributed by atoms with Crippen LogP contribution in [0.5, 0.6) is 5.75 Å². The number of carbonyl (C=O) groups is 3. The summed E-state index contributed by atoms with van der Waals surface area (Å²) in [6.45, 7) is 2.26. The number of rotatable bonds is 5. The lowest BCUT2D eigenvalue weighted by Gasteiger charge is -2.34. The molecule has 0 spiro atoms. The Bertz CT molecular complexity index is 676.